The number of hydrogen-bond acceptors (Lipinski definition) is 1. The van der Waals surface area contributed by atoms with Crippen LogP contribution in [0, 0.1) is 0 Å². The highest BCUT2D eigenvalue weighted by Crippen LogP contribution is 2.41. The molecule has 1 aliphatic carbocycles. The first-order valence-electron chi connectivity index (χ1n) is 5.33. The van der Waals surface area contributed by atoms with Gasteiger partial charge in [0.2, 0.25) is 0 Å². The lowest BCUT2D eigenvalue weighted by molar-refractivity contribution is 0.382. The zero-order valence-electron chi connectivity index (χ0n) is 8.91. The smallest absolute Gasteiger partial charge is 0.129 e. The monoisotopic (exact) mass is 205 g/mol. The molecule has 2 rings (SSSR count). The molecule has 1 fully saturated rings. The van der Waals surface area contributed by atoms with Crippen molar-refractivity contribution in [1.82, 2.24) is 0 Å². The zero-order chi connectivity index (χ0) is 10.9. The van der Waals surface area contributed by atoms with E-state index in [0.29, 0.717) is 12.8 Å². The van der Waals surface area contributed by atoms with Crippen LogP contribution in [0.2, 0.25) is 0 Å². The number of allylic oxidation sites excluding steroid dienone is 1. The highest BCUT2D eigenvalue weighted by molar-refractivity contribution is 5.56. The summed E-state index contributed by atoms with van der Waals surface area (Å²) in [7, 11) is 0. The molecule has 1 aromatic rings. The molecule has 1 saturated carbocycles. The third-order valence-electron chi connectivity index (χ3n) is 2.78. The van der Waals surface area contributed by atoms with Crippen LogP contribution in [0.15, 0.2) is 30.3 Å². The van der Waals surface area contributed by atoms with E-state index in [9.17, 15) is 4.39 Å². The van der Waals surface area contributed by atoms with Gasteiger partial charge in [0.1, 0.15) is 5.67 Å². The Morgan fingerprint density at radius 2 is 2.07 bits per heavy atom. The fourth-order valence-electron chi connectivity index (χ4n) is 1.60. The number of rotatable bonds is 3. The van der Waals surface area contributed by atoms with E-state index in [4.69, 9.17) is 5.73 Å². The summed E-state index contributed by atoms with van der Waals surface area (Å²) in [4.78, 5) is 0. The molecule has 80 valence electrons. The van der Waals surface area contributed by atoms with Crippen LogP contribution in [0.4, 0.5) is 4.39 Å². The summed E-state index contributed by atoms with van der Waals surface area (Å²) in [6, 6.07) is 7.85. The Bertz CT molecular complexity index is 378. The highest BCUT2D eigenvalue weighted by atomic mass is 19.1. The molecular formula is C13H16FN. The van der Waals surface area contributed by atoms with Gasteiger partial charge in [-0.05, 0) is 37.0 Å². The second-order valence-corrected chi connectivity index (χ2v) is 4.29. The number of alkyl halides is 1. The second-order valence-electron chi connectivity index (χ2n) is 4.29. The van der Waals surface area contributed by atoms with E-state index in [1.807, 2.05) is 37.3 Å². The van der Waals surface area contributed by atoms with Crippen molar-refractivity contribution in [2.24, 2.45) is 5.73 Å². The second kappa shape index (κ2) is 3.78. The third-order valence-corrected chi connectivity index (χ3v) is 2.78. The van der Waals surface area contributed by atoms with Crippen molar-refractivity contribution in [3.8, 4) is 0 Å². The van der Waals surface area contributed by atoms with Gasteiger partial charge in [-0.2, -0.15) is 0 Å². The van der Waals surface area contributed by atoms with Crippen LogP contribution in [-0.4, -0.2) is 5.67 Å². The molecule has 0 spiro atoms. The summed E-state index contributed by atoms with van der Waals surface area (Å²) in [5.74, 6) is 0. The van der Waals surface area contributed by atoms with Crippen LogP contribution in [0.3, 0.4) is 0 Å². The summed E-state index contributed by atoms with van der Waals surface area (Å²) < 4.78 is 13.4. The normalized spacial score (nSPS) is 20.5. The Hall–Kier alpha value is -1.15. The van der Waals surface area contributed by atoms with E-state index < -0.39 is 5.67 Å². The standard InChI is InChI=1S/C13H16FN/c1-10(15)12-5-3-2-4-11(12)6-7-13(14)8-9-13/h2-7,10H,8-9,15H2,1H3/b7-6+/t10-/m0/s1. The predicted octanol–water partition coefficient (Wildman–Crippen LogP) is 3.22. The molecule has 0 saturated heterocycles. The summed E-state index contributed by atoms with van der Waals surface area (Å²) >= 11 is 0. The first-order valence-corrected chi connectivity index (χ1v) is 5.33. The van der Waals surface area contributed by atoms with Crippen LogP contribution in [0.1, 0.15) is 36.9 Å². The minimum absolute atomic E-state index is 0.0133. The van der Waals surface area contributed by atoms with Crippen molar-refractivity contribution in [2.75, 3.05) is 0 Å². The summed E-state index contributed by atoms with van der Waals surface area (Å²) in [5, 5.41) is 0. The van der Waals surface area contributed by atoms with Crippen LogP contribution >= 0.6 is 0 Å². The Balaban J connectivity index is 2.23. The molecule has 0 bridgehead atoms. The number of benzene rings is 1. The molecular weight excluding hydrogens is 189 g/mol. The van der Waals surface area contributed by atoms with E-state index in [1.165, 1.54) is 0 Å². The fourth-order valence-corrected chi connectivity index (χ4v) is 1.60. The summed E-state index contributed by atoms with van der Waals surface area (Å²) in [5.41, 5.74) is 6.90. The molecule has 1 atom stereocenters. The molecule has 0 aromatic heterocycles. The average Bonchev–Trinajstić information content (AvgIpc) is 2.95. The van der Waals surface area contributed by atoms with Crippen LogP contribution in [0.5, 0.6) is 0 Å². The minimum Gasteiger partial charge on any atom is -0.324 e. The molecule has 15 heavy (non-hydrogen) atoms. The van der Waals surface area contributed by atoms with Crippen LogP contribution in [-0.2, 0) is 0 Å². The first kappa shape index (κ1) is 10.4. The summed E-state index contributed by atoms with van der Waals surface area (Å²) in [6.45, 7) is 1.94. The van der Waals surface area contributed by atoms with Gasteiger partial charge in [-0.1, -0.05) is 30.3 Å². The molecule has 2 N–H and O–H groups in total. The van der Waals surface area contributed by atoms with Gasteiger partial charge >= 0.3 is 0 Å². The van der Waals surface area contributed by atoms with Gasteiger partial charge in [0, 0.05) is 6.04 Å². The van der Waals surface area contributed by atoms with Gasteiger partial charge in [-0.3, -0.25) is 0 Å². The maximum atomic E-state index is 13.4. The average molecular weight is 205 g/mol. The van der Waals surface area contributed by atoms with Crippen molar-refractivity contribution in [3.63, 3.8) is 0 Å². The molecule has 0 unspecified atom stereocenters. The fraction of sp³-hybridized carbons (Fsp3) is 0.385. The Kier molecular flexibility index (Phi) is 2.61. The molecule has 0 radical (unpaired) electrons. The van der Waals surface area contributed by atoms with E-state index in [-0.39, 0.29) is 6.04 Å². The van der Waals surface area contributed by atoms with Gasteiger partial charge in [-0.15, -0.1) is 0 Å². The number of nitrogens with two attached hydrogens (primary N) is 1. The Morgan fingerprint density at radius 1 is 1.40 bits per heavy atom. The molecule has 0 amide bonds. The van der Waals surface area contributed by atoms with E-state index in [1.54, 1.807) is 6.08 Å². The lowest BCUT2D eigenvalue weighted by Crippen LogP contribution is -2.06. The first-order chi connectivity index (χ1) is 7.11. The highest BCUT2D eigenvalue weighted by Gasteiger charge is 2.40. The quantitative estimate of drug-likeness (QED) is 0.805. The maximum Gasteiger partial charge on any atom is 0.129 e. The van der Waals surface area contributed by atoms with Crippen molar-refractivity contribution < 1.29 is 4.39 Å². The van der Waals surface area contributed by atoms with Crippen molar-refractivity contribution >= 4 is 6.08 Å². The van der Waals surface area contributed by atoms with Gasteiger partial charge in [0.15, 0.2) is 0 Å². The van der Waals surface area contributed by atoms with Crippen molar-refractivity contribution in [3.05, 3.63) is 41.5 Å². The third kappa shape index (κ3) is 2.45. The van der Waals surface area contributed by atoms with Crippen LogP contribution < -0.4 is 5.73 Å². The predicted molar refractivity (Wildman–Crippen MR) is 61.2 cm³/mol. The topological polar surface area (TPSA) is 26.0 Å². The van der Waals surface area contributed by atoms with Gasteiger partial charge in [-0.25, -0.2) is 4.39 Å². The molecule has 0 aliphatic heterocycles. The minimum atomic E-state index is -1.04. The molecule has 1 nitrogen and oxygen atoms in total. The van der Waals surface area contributed by atoms with Crippen molar-refractivity contribution in [2.45, 2.75) is 31.5 Å². The van der Waals surface area contributed by atoms with Gasteiger partial charge in [0.05, 0.1) is 0 Å². The maximum absolute atomic E-state index is 13.4. The lowest BCUT2D eigenvalue weighted by atomic mass is 10.0. The number of halogens is 1. The molecule has 2 heteroatoms. The van der Waals surface area contributed by atoms with E-state index in [2.05, 4.69) is 0 Å². The molecule has 1 aliphatic rings. The van der Waals surface area contributed by atoms with Crippen LogP contribution in [0.25, 0.3) is 6.08 Å². The lowest BCUT2D eigenvalue weighted by Gasteiger charge is -2.09. The van der Waals surface area contributed by atoms with E-state index >= 15 is 0 Å². The SMILES string of the molecule is C[C@H](N)c1ccccc1/C=C/C1(F)CC1. The Labute approximate surface area is 89.8 Å². The molecule has 1 aromatic carbocycles. The van der Waals surface area contributed by atoms with Crippen molar-refractivity contribution in [1.29, 1.82) is 0 Å². The number of hydrogen-bond donors (Lipinski definition) is 1. The van der Waals surface area contributed by atoms with E-state index in [0.717, 1.165) is 11.1 Å². The van der Waals surface area contributed by atoms with Gasteiger partial charge in [0.25, 0.3) is 0 Å². The Morgan fingerprint density at radius 3 is 2.67 bits per heavy atom. The van der Waals surface area contributed by atoms with Gasteiger partial charge < -0.3 is 5.73 Å². The molecule has 0 heterocycles. The summed E-state index contributed by atoms with van der Waals surface area (Å²) in [6.07, 6.45) is 4.83. The largest absolute Gasteiger partial charge is 0.324 e. The zero-order valence-corrected chi connectivity index (χ0v) is 8.91.